The zero-order chi connectivity index (χ0) is 14.8. The van der Waals surface area contributed by atoms with Crippen molar-refractivity contribution in [2.45, 2.75) is 0 Å². The lowest BCUT2D eigenvalue weighted by atomic mass is 10.1. The molecule has 0 atom stereocenters. The van der Waals surface area contributed by atoms with Gasteiger partial charge in [0, 0.05) is 5.39 Å². The summed E-state index contributed by atoms with van der Waals surface area (Å²) in [5.41, 5.74) is 1.58. The minimum absolute atomic E-state index is 0.123. The van der Waals surface area contributed by atoms with Crippen molar-refractivity contribution >= 4 is 28.2 Å². The van der Waals surface area contributed by atoms with Gasteiger partial charge in [-0.25, -0.2) is 4.79 Å². The highest BCUT2D eigenvalue weighted by atomic mass is 16.4. The number of nitrogens with zero attached hydrogens (tertiary/aromatic N) is 2. The third-order valence-electron chi connectivity index (χ3n) is 3.02. The van der Waals surface area contributed by atoms with E-state index in [0.717, 1.165) is 0 Å². The molecule has 0 amide bonds. The Balaban J connectivity index is 2.09. The first kappa shape index (κ1) is 12.9. The largest absolute Gasteiger partial charge is 0.493 e. The Morgan fingerprint density at radius 2 is 1.81 bits per heavy atom. The number of azo groups is 1. The molecule has 21 heavy (non-hydrogen) atoms. The number of hydrogen-bond acceptors (Lipinski definition) is 4. The highest BCUT2D eigenvalue weighted by Crippen LogP contribution is 2.36. The molecule has 1 heterocycles. The molecule has 3 N–H and O–H groups in total. The van der Waals surface area contributed by atoms with Crippen molar-refractivity contribution < 1.29 is 15.0 Å². The smallest absolute Gasteiger partial charge is 0.335 e. The van der Waals surface area contributed by atoms with Gasteiger partial charge in [-0.1, -0.05) is 18.2 Å². The van der Waals surface area contributed by atoms with E-state index in [0.29, 0.717) is 16.6 Å². The lowest BCUT2D eigenvalue weighted by Gasteiger charge is -1.95. The van der Waals surface area contributed by atoms with Crippen molar-refractivity contribution in [3.05, 3.63) is 54.1 Å². The minimum Gasteiger partial charge on any atom is -0.493 e. The Labute approximate surface area is 119 Å². The Hall–Kier alpha value is -3.15. The van der Waals surface area contributed by atoms with Gasteiger partial charge >= 0.3 is 5.97 Å². The van der Waals surface area contributed by atoms with Crippen LogP contribution in [0.15, 0.2) is 58.8 Å². The maximum Gasteiger partial charge on any atom is 0.335 e. The van der Waals surface area contributed by atoms with E-state index >= 15 is 0 Å². The second kappa shape index (κ2) is 5.09. The highest BCUT2D eigenvalue weighted by Gasteiger charge is 2.13. The van der Waals surface area contributed by atoms with Crippen LogP contribution in [0.25, 0.3) is 10.9 Å². The van der Waals surface area contributed by atoms with Crippen molar-refractivity contribution in [2.24, 2.45) is 10.2 Å². The summed E-state index contributed by atoms with van der Waals surface area (Å²) in [7, 11) is 0. The van der Waals surface area contributed by atoms with Gasteiger partial charge in [0.05, 0.1) is 16.8 Å². The van der Waals surface area contributed by atoms with Gasteiger partial charge < -0.3 is 15.2 Å². The predicted octanol–water partition coefficient (Wildman–Crippen LogP) is 3.99. The summed E-state index contributed by atoms with van der Waals surface area (Å²) in [5.74, 6) is -1.18. The number of rotatable bonds is 3. The van der Waals surface area contributed by atoms with Crippen LogP contribution in [0.3, 0.4) is 0 Å². The monoisotopic (exact) mass is 281 g/mol. The number of carboxylic acids is 1. The molecule has 6 heteroatoms. The molecule has 0 unspecified atom stereocenters. The van der Waals surface area contributed by atoms with Gasteiger partial charge in [-0.2, -0.15) is 5.11 Å². The van der Waals surface area contributed by atoms with Gasteiger partial charge in [-0.15, -0.1) is 5.11 Å². The van der Waals surface area contributed by atoms with Crippen LogP contribution < -0.4 is 0 Å². The number of benzene rings is 2. The number of carbonyl (C=O) groups is 1. The molecule has 0 aliphatic heterocycles. The number of nitrogens with one attached hydrogen (secondary N) is 1. The standard InChI is InChI=1S/C15H11N3O3/c19-14-13(18-17-10-4-2-1-3-5-10)11-8-9(15(20)21)6-7-12(11)16-14/h1-8,16,19H,(H,20,21). The van der Waals surface area contributed by atoms with Crippen LogP contribution in [0.2, 0.25) is 0 Å². The van der Waals surface area contributed by atoms with Gasteiger partial charge in [0.15, 0.2) is 5.69 Å². The molecule has 0 aliphatic carbocycles. The lowest BCUT2D eigenvalue weighted by molar-refractivity contribution is 0.0697. The summed E-state index contributed by atoms with van der Waals surface area (Å²) in [6.07, 6.45) is 0. The maximum atomic E-state index is 11.0. The van der Waals surface area contributed by atoms with E-state index in [1.807, 2.05) is 18.2 Å². The minimum atomic E-state index is -1.04. The molecule has 0 saturated carbocycles. The van der Waals surface area contributed by atoms with Crippen molar-refractivity contribution in [2.75, 3.05) is 0 Å². The number of carboxylic acid groups (broad SMARTS) is 1. The molecule has 0 aliphatic rings. The van der Waals surface area contributed by atoms with Gasteiger partial charge in [0.2, 0.25) is 5.88 Å². The van der Waals surface area contributed by atoms with Crippen LogP contribution >= 0.6 is 0 Å². The summed E-state index contributed by atoms with van der Waals surface area (Å²) in [5, 5.41) is 27.5. The van der Waals surface area contributed by atoms with Gasteiger partial charge in [0.1, 0.15) is 0 Å². The molecule has 1 aromatic heterocycles. The summed E-state index contributed by atoms with van der Waals surface area (Å²) < 4.78 is 0. The van der Waals surface area contributed by atoms with Crippen LogP contribution in [0.5, 0.6) is 5.88 Å². The van der Waals surface area contributed by atoms with E-state index in [1.54, 1.807) is 18.2 Å². The number of H-pyrrole nitrogens is 1. The molecule has 3 rings (SSSR count). The maximum absolute atomic E-state index is 11.0. The third-order valence-corrected chi connectivity index (χ3v) is 3.02. The number of hydrogen-bond donors (Lipinski definition) is 3. The zero-order valence-corrected chi connectivity index (χ0v) is 10.8. The topological polar surface area (TPSA) is 98.0 Å². The Morgan fingerprint density at radius 3 is 2.52 bits per heavy atom. The van der Waals surface area contributed by atoms with Crippen molar-refractivity contribution in [1.29, 1.82) is 0 Å². The van der Waals surface area contributed by atoms with Crippen molar-refractivity contribution in [3.8, 4) is 5.88 Å². The Bertz CT molecular complexity index is 838. The normalized spacial score (nSPS) is 11.2. The predicted molar refractivity (Wildman–Crippen MR) is 77.5 cm³/mol. The number of fused-ring (bicyclic) bond motifs is 1. The molecule has 0 fully saturated rings. The molecular weight excluding hydrogens is 270 g/mol. The van der Waals surface area contributed by atoms with Gasteiger partial charge in [0.25, 0.3) is 0 Å². The Kier molecular flexibility index (Phi) is 3.12. The summed E-state index contributed by atoms with van der Waals surface area (Å²) in [6.45, 7) is 0. The average molecular weight is 281 g/mol. The van der Waals surface area contributed by atoms with Gasteiger partial charge in [-0.3, -0.25) is 0 Å². The first-order valence-electron chi connectivity index (χ1n) is 6.20. The second-order valence-electron chi connectivity index (χ2n) is 4.42. The van der Waals surface area contributed by atoms with Gasteiger partial charge in [-0.05, 0) is 30.3 Å². The van der Waals surface area contributed by atoms with E-state index < -0.39 is 5.97 Å². The molecule has 104 valence electrons. The number of aromatic carboxylic acids is 1. The Morgan fingerprint density at radius 1 is 1.05 bits per heavy atom. The van der Waals surface area contributed by atoms with Crippen LogP contribution in [0, 0.1) is 0 Å². The van der Waals surface area contributed by atoms with E-state index in [9.17, 15) is 9.90 Å². The zero-order valence-electron chi connectivity index (χ0n) is 10.8. The SMILES string of the molecule is O=C(O)c1ccc2[nH]c(O)c(N=Nc3ccccc3)c2c1. The number of aromatic hydroxyl groups is 1. The quantitative estimate of drug-likeness (QED) is 0.633. The van der Waals surface area contributed by atoms with Crippen LogP contribution in [0.4, 0.5) is 11.4 Å². The summed E-state index contributed by atoms with van der Waals surface area (Å²) in [6, 6.07) is 13.6. The van der Waals surface area contributed by atoms with Crippen LogP contribution in [0.1, 0.15) is 10.4 Å². The molecule has 0 bridgehead atoms. The van der Waals surface area contributed by atoms with E-state index in [-0.39, 0.29) is 17.1 Å². The summed E-state index contributed by atoms with van der Waals surface area (Å²) in [4.78, 5) is 13.8. The fourth-order valence-corrected chi connectivity index (χ4v) is 2.00. The molecule has 0 spiro atoms. The van der Waals surface area contributed by atoms with E-state index in [4.69, 9.17) is 5.11 Å². The molecule has 6 nitrogen and oxygen atoms in total. The third kappa shape index (κ3) is 2.46. The average Bonchev–Trinajstić information content (AvgIpc) is 2.80. The van der Waals surface area contributed by atoms with E-state index in [1.165, 1.54) is 12.1 Å². The first-order valence-corrected chi connectivity index (χ1v) is 6.20. The fraction of sp³-hybridized carbons (Fsp3) is 0. The van der Waals surface area contributed by atoms with Crippen LogP contribution in [-0.2, 0) is 0 Å². The molecular formula is C15H11N3O3. The number of aromatic amines is 1. The fourth-order valence-electron chi connectivity index (χ4n) is 2.00. The molecule has 0 radical (unpaired) electrons. The molecule has 3 aromatic rings. The van der Waals surface area contributed by atoms with Crippen molar-refractivity contribution in [1.82, 2.24) is 4.98 Å². The molecule has 0 saturated heterocycles. The van der Waals surface area contributed by atoms with Crippen molar-refractivity contribution in [3.63, 3.8) is 0 Å². The van der Waals surface area contributed by atoms with E-state index in [2.05, 4.69) is 15.2 Å². The number of aromatic nitrogens is 1. The highest BCUT2D eigenvalue weighted by molar-refractivity contribution is 5.99. The first-order chi connectivity index (χ1) is 10.1. The lowest BCUT2D eigenvalue weighted by Crippen LogP contribution is -1.94. The summed E-state index contributed by atoms with van der Waals surface area (Å²) >= 11 is 0. The second-order valence-corrected chi connectivity index (χ2v) is 4.42. The van der Waals surface area contributed by atoms with Crippen LogP contribution in [-0.4, -0.2) is 21.2 Å². The molecule has 2 aromatic carbocycles.